The molecule has 0 bridgehead atoms. The molecule has 0 aromatic heterocycles. The van der Waals surface area contributed by atoms with Crippen molar-refractivity contribution in [1.29, 1.82) is 0 Å². The van der Waals surface area contributed by atoms with Gasteiger partial charge in [0.05, 0.1) is 10.0 Å². The van der Waals surface area contributed by atoms with Crippen molar-refractivity contribution in [2.45, 2.75) is 19.6 Å². The highest BCUT2D eigenvalue weighted by molar-refractivity contribution is 6.32. The van der Waals surface area contributed by atoms with Crippen molar-refractivity contribution in [2.75, 3.05) is 0 Å². The minimum Gasteiger partial charge on any atom is -0.487 e. The Bertz CT molecular complexity index is 617. The van der Waals surface area contributed by atoms with Crippen LogP contribution in [-0.2, 0) is 6.61 Å². The maximum Gasteiger partial charge on any atom is 0.148 e. The Hall–Kier alpha value is -1.29. The zero-order valence-electron chi connectivity index (χ0n) is 10.9. The summed E-state index contributed by atoms with van der Waals surface area (Å²) in [6.45, 7) is 1.93. The molecule has 2 aromatic carbocycles. The van der Waals surface area contributed by atoms with Gasteiger partial charge in [-0.2, -0.15) is 0 Å². The third kappa shape index (κ3) is 3.42. The number of hydrogen-bond donors (Lipinski definition) is 1. The third-order valence-electron chi connectivity index (χ3n) is 2.90. The van der Waals surface area contributed by atoms with E-state index in [0.717, 1.165) is 5.56 Å². The molecule has 0 saturated carbocycles. The summed E-state index contributed by atoms with van der Waals surface area (Å²) in [5.74, 6) is 0.00734. The molecule has 0 aliphatic rings. The highest BCUT2D eigenvalue weighted by atomic mass is 35.5. The molecular weight excluding hydrogens is 300 g/mol. The number of benzene rings is 2. The van der Waals surface area contributed by atoms with E-state index in [1.807, 2.05) is 13.0 Å². The van der Waals surface area contributed by atoms with Crippen LogP contribution in [0.1, 0.15) is 24.1 Å². The van der Waals surface area contributed by atoms with Gasteiger partial charge in [-0.1, -0.05) is 41.4 Å². The van der Waals surface area contributed by atoms with Crippen molar-refractivity contribution in [3.8, 4) is 5.75 Å². The fraction of sp³-hybridized carbons (Fsp3) is 0.200. The summed E-state index contributed by atoms with van der Waals surface area (Å²) in [7, 11) is 0. The van der Waals surface area contributed by atoms with Crippen LogP contribution in [0.25, 0.3) is 0 Å². The highest BCUT2D eigenvalue weighted by Crippen LogP contribution is 2.28. The molecule has 2 N–H and O–H groups in total. The summed E-state index contributed by atoms with van der Waals surface area (Å²) in [4.78, 5) is 0. The summed E-state index contributed by atoms with van der Waals surface area (Å²) in [6, 6.07) is 9.98. The lowest BCUT2D eigenvalue weighted by molar-refractivity contribution is 0.300. The predicted molar refractivity (Wildman–Crippen MR) is 79.8 cm³/mol. The molecule has 0 saturated heterocycles. The first-order valence-electron chi connectivity index (χ1n) is 6.09. The van der Waals surface area contributed by atoms with E-state index >= 15 is 0 Å². The molecule has 0 radical (unpaired) electrons. The molecule has 106 valence electrons. The lowest BCUT2D eigenvalue weighted by Crippen LogP contribution is -2.05. The van der Waals surface area contributed by atoms with E-state index < -0.39 is 5.82 Å². The van der Waals surface area contributed by atoms with Crippen molar-refractivity contribution in [1.82, 2.24) is 0 Å². The first-order valence-corrected chi connectivity index (χ1v) is 6.85. The topological polar surface area (TPSA) is 35.2 Å². The fourth-order valence-corrected chi connectivity index (χ4v) is 2.17. The summed E-state index contributed by atoms with van der Waals surface area (Å²) < 4.78 is 19.2. The molecule has 2 rings (SSSR count). The van der Waals surface area contributed by atoms with E-state index in [9.17, 15) is 4.39 Å². The largest absolute Gasteiger partial charge is 0.487 e. The number of hydrogen-bond acceptors (Lipinski definition) is 2. The lowest BCUT2D eigenvalue weighted by atomic mass is 10.1. The third-order valence-corrected chi connectivity index (χ3v) is 3.48. The molecule has 2 nitrogen and oxygen atoms in total. The van der Waals surface area contributed by atoms with Gasteiger partial charge in [-0.25, -0.2) is 4.39 Å². The van der Waals surface area contributed by atoms with Crippen LogP contribution in [0.5, 0.6) is 5.75 Å². The van der Waals surface area contributed by atoms with E-state index in [2.05, 4.69) is 0 Å². The first-order chi connectivity index (χ1) is 9.49. The molecule has 5 heteroatoms. The number of halogens is 3. The number of rotatable bonds is 4. The quantitative estimate of drug-likeness (QED) is 0.885. The molecule has 0 heterocycles. The second-order valence-corrected chi connectivity index (χ2v) is 5.29. The molecule has 2 aromatic rings. The first kappa shape index (κ1) is 15.1. The summed E-state index contributed by atoms with van der Waals surface area (Å²) in [5, 5.41) is 0.520. The molecule has 20 heavy (non-hydrogen) atoms. The van der Waals surface area contributed by atoms with Gasteiger partial charge in [-0.3, -0.25) is 0 Å². The Morgan fingerprint density at radius 2 is 1.95 bits per heavy atom. The lowest BCUT2D eigenvalue weighted by Gasteiger charge is -2.12. The maximum absolute atomic E-state index is 13.7. The normalized spacial score (nSPS) is 12.2. The van der Waals surface area contributed by atoms with Gasteiger partial charge in [-0.05, 0) is 30.7 Å². The molecule has 1 unspecified atom stereocenters. The van der Waals surface area contributed by atoms with Crippen LogP contribution in [0.3, 0.4) is 0 Å². The molecule has 0 aliphatic heterocycles. The smallest absolute Gasteiger partial charge is 0.148 e. The molecule has 0 spiro atoms. The van der Waals surface area contributed by atoms with E-state index in [0.29, 0.717) is 16.3 Å². The van der Waals surface area contributed by atoms with Crippen LogP contribution < -0.4 is 10.5 Å². The number of nitrogens with two attached hydrogens (primary N) is 1. The Morgan fingerprint density at radius 3 is 2.60 bits per heavy atom. The standard InChI is InChI=1S/C15H14Cl2FNO/c1-9(19)10-5-6-14(13(17)7-10)20-8-11-3-2-4-12(16)15(11)18/h2-7,9H,8,19H2,1H3. The number of ether oxygens (including phenoxy) is 1. The zero-order valence-corrected chi connectivity index (χ0v) is 12.4. The van der Waals surface area contributed by atoms with Crippen LogP contribution in [-0.4, -0.2) is 0 Å². The van der Waals surface area contributed by atoms with Gasteiger partial charge in [0.25, 0.3) is 0 Å². The Balaban J connectivity index is 2.13. The maximum atomic E-state index is 13.7. The SMILES string of the molecule is CC(N)c1ccc(OCc2cccc(Cl)c2F)c(Cl)c1. The van der Waals surface area contributed by atoms with Gasteiger partial charge in [0, 0.05) is 11.6 Å². The van der Waals surface area contributed by atoms with E-state index in [4.69, 9.17) is 33.7 Å². The average molecular weight is 314 g/mol. The predicted octanol–water partition coefficient (Wildman–Crippen LogP) is 4.73. The Labute approximate surface area is 127 Å². The van der Waals surface area contributed by atoms with Crippen molar-refractivity contribution < 1.29 is 9.13 Å². The van der Waals surface area contributed by atoms with Crippen LogP contribution in [0.2, 0.25) is 10.0 Å². The second-order valence-electron chi connectivity index (χ2n) is 4.48. The van der Waals surface area contributed by atoms with Crippen molar-refractivity contribution >= 4 is 23.2 Å². The van der Waals surface area contributed by atoms with E-state index in [1.54, 1.807) is 24.3 Å². The van der Waals surface area contributed by atoms with Crippen LogP contribution in [0.4, 0.5) is 4.39 Å². The van der Waals surface area contributed by atoms with E-state index in [-0.39, 0.29) is 17.7 Å². The molecule has 0 amide bonds. The van der Waals surface area contributed by atoms with Gasteiger partial charge < -0.3 is 10.5 Å². The van der Waals surface area contributed by atoms with Crippen molar-refractivity contribution in [3.05, 3.63) is 63.4 Å². The van der Waals surface area contributed by atoms with Gasteiger partial charge in [-0.15, -0.1) is 0 Å². The molecule has 0 aliphatic carbocycles. The zero-order chi connectivity index (χ0) is 14.7. The Morgan fingerprint density at radius 1 is 1.20 bits per heavy atom. The summed E-state index contributed by atoms with van der Waals surface area (Å²) >= 11 is 11.8. The Kier molecular flexibility index (Phi) is 4.86. The van der Waals surface area contributed by atoms with Gasteiger partial charge in [0.2, 0.25) is 0 Å². The van der Waals surface area contributed by atoms with Gasteiger partial charge in [0.15, 0.2) is 0 Å². The summed E-state index contributed by atoms with van der Waals surface area (Å²) in [6.07, 6.45) is 0. The van der Waals surface area contributed by atoms with Gasteiger partial charge in [0.1, 0.15) is 18.2 Å². The molecule has 1 atom stereocenters. The van der Waals surface area contributed by atoms with E-state index in [1.165, 1.54) is 6.07 Å². The van der Waals surface area contributed by atoms with Gasteiger partial charge >= 0.3 is 0 Å². The fourth-order valence-electron chi connectivity index (χ4n) is 1.73. The van der Waals surface area contributed by atoms with Crippen LogP contribution >= 0.6 is 23.2 Å². The molecule has 0 fully saturated rings. The highest BCUT2D eigenvalue weighted by Gasteiger charge is 2.09. The minimum atomic E-state index is -0.475. The average Bonchev–Trinajstić information content (AvgIpc) is 2.41. The van der Waals surface area contributed by atoms with Crippen molar-refractivity contribution in [2.24, 2.45) is 5.73 Å². The second kappa shape index (κ2) is 6.44. The van der Waals surface area contributed by atoms with Crippen LogP contribution in [0, 0.1) is 5.82 Å². The molecular formula is C15H14Cl2FNO. The van der Waals surface area contributed by atoms with Crippen LogP contribution in [0.15, 0.2) is 36.4 Å². The monoisotopic (exact) mass is 313 g/mol. The van der Waals surface area contributed by atoms with Crippen molar-refractivity contribution in [3.63, 3.8) is 0 Å². The minimum absolute atomic E-state index is 0.0592. The summed E-state index contributed by atoms with van der Waals surface area (Å²) in [5.41, 5.74) is 7.06.